The lowest BCUT2D eigenvalue weighted by molar-refractivity contribution is 0.199. The van der Waals surface area contributed by atoms with Crippen molar-refractivity contribution in [3.8, 4) is 0 Å². The molecule has 2 amide bonds. The molecule has 23 heavy (non-hydrogen) atoms. The van der Waals surface area contributed by atoms with Crippen molar-refractivity contribution < 1.29 is 13.2 Å². The lowest BCUT2D eigenvalue weighted by atomic mass is 10.2. The Morgan fingerprint density at radius 3 is 2.74 bits per heavy atom. The number of rotatable bonds is 4. The highest BCUT2D eigenvalue weighted by molar-refractivity contribution is 7.89. The largest absolute Gasteiger partial charge is 0.334 e. The summed E-state index contributed by atoms with van der Waals surface area (Å²) in [5.74, 6) is 0. The van der Waals surface area contributed by atoms with Gasteiger partial charge in [-0.25, -0.2) is 17.9 Å². The molecule has 2 rings (SSSR count). The van der Waals surface area contributed by atoms with Crippen LogP contribution >= 0.6 is 0 Å². The van der Waals surface area contributed by atoms with E-state index >= 15 is 0 Å². The van der Waals surface area contributed by atoms with Crippen molar-refractivity contribution in [2.24, 2.45) is 0 Å². The van der Waals surface area contributed by atoms with E-state index in [4.69, 9.17) is 0 Å². The summed E-state index contributed by atoms with van der Waals surface area (Å²) in [5, 5.41) is 2.86. The topological polar surface area (TPSA) is 81.8 Å². The second-order valence-corrected chi connectivity index (χ2v) is 7.54. The molecule has 1 heterocycles. The maximum absolute atomic E-state index is 12.2. The minimum Gasteiger partial charge on any atom is -0.334 e. The minimum absolute atomic E-state index is 0.109. The Morgan fingerprint density at radius 2 is 2.00 bits per heavy atom. The second-order valence-electron chi connectivity index (χ2n) is 5.66. The fourth-order valence-corrected chi connectivity index (χ4v) is 3.28. The van der Waals surface area contributed by atoms with Gasteiger partial charge < -0.3 is 15.1 Å². The molecule has 7 nitrogen and oxygen atoms in total. The molecule has 0 bridgehead atoms. The van der Waals surface area contributed by atoms with Gasteiger partial charge in [0.25, 0.3) is 0 Å². The first-order valence-corrected chi connectivity index (χ1v) is 9.14. The first kappa shape index (κ1) is 17.7. The molecule has 0 saturated carbocycles. The van der Waals surface area contributed by atoms with E-state index in [1.807, 2.05) is 0 Å². The summed E-state index contributed by atoms with van der Waals surface area (Å²) < 4.78 is 25.9. The monoisotopic (exact) mass is 340 g/mol. The highest BCUT2D eigenvalue weighted by Gasteiger charge is 2.17. The number of benzene rings is 1. The van der Waals surface area contributed by atoms with Gasteiger partial charge in [-0.05, 0) is 44.8 Å². The van der Waals surface area contributed by atoms with Crippen molar-refractivity contribution in [1.82, 2.24) is 19.8 Å². The van der Waals surface area contributed by atoms with Gasteiger partial charge in [-0.1, -0.05) is 12.1 Å². The molecule has 1 aromatic carbocycles. The number of amides is 2. The summed E-state index contributed by atoms with van der Waals surface area (Å²) in [4.78, 5) is 16.4. The van der Waals surface area contributed by atoms with Crippen LogP contribution in [0.4, 0.5) is 4.79 Å². The zero-order valence-electron chi connectivity index (χ0n) is 13.6. The van der Waals surface area contributed by atoms with Crippen LogP contribution in [0, 0.1) is 0 Å². The molecule has 1 saturated heterocycles. The molecule has 1 aliphatic heterocycles. The number of hydrogen-bond acceptors (Lipinski definition) is 4. The van der Waals surface area contributed by atoms with Gasteiger partial charge in [0.15, 0.2) is 0 Å². The zero-order chi connectivity index (χ0) is 16.9. The summed E-state index contributed by atoms with van der Waals surface area (Å²) in [6.45, 7) is 3.61. The summed E-state index contributed by atoms with van der Waals surface area (Å²) in [7, 11) is -0.0435. The van der Waals surface area contributed by atoms with Crippen LogP contribution in [0.1, 0.15) is 12.0 Å². The van der Waals surface area contributed by atoms with Crippen LogP contribution in [-0.2, 0) is 16.6 Å². The number of likely N-dealkylation sites (N-methyl/N-ethyl adjacent to an activating group) is 1. The van der Waals surface area contributed by atoms with Crippen molar-refractivity contribution >= 4 is 16.1 Å². The van der Waals surface area contributed by atoms with Gasteiger partial charge in [-0.15, -0.1) is 0 Å². The van der Waals surface area contributed by atoms with Crippen LogP contribution in [-0.4, -0.2) is 64.5 Å². The minimum atomic E-state index is -3.47. The number of carbonyl (C=O) groups excluding carboxylic acids is 1. The molecule has 1 aliphatic rings. The molecule has 0 aromatic heterocycles. The van der Waals surface area contributed by atoms with Crippen molar-refractivity contribution in [3.63, 3.8) is 0 Å². The van der Waals surface area contributed by atoms with E-state index in [0.717, 1.165) is 31.6 Å². The molecule has 2 N–H and O–H groups in total. The van der Waals surface area contributed by atoms with Gasteiger partial charge in [-0.2, -0.15) is 0 Å². The maximum Gasteiger partial charge on any atom is 0.317 e. The number of nitrogens with one attached hydrogen (secondary N) is 2. The summed E-state index contributed by atoms with van der Waals surface area (Å²) in [6, 6.07) is 6.46. The number of hydrogen-bond donors (Lipinski definition) is 2. The summed E-state index contributed by atoms with van der Waals surface area (Å²) in [6.07, 6.45) is 0.958. The molecule has 0 aliphatic carbocycles. The number of nitrogens with zero attached hydrogens (tertiary/aromatic N) is 2. The average Bonchev–Trinajstić information content (AvgIpc) is 2.77. The van der Waals surface area contributed by atoms with Crippen LogP contribution in [0.3, 0.4) is 0 Å². The van der Waals surface area contributed by atoms with Crippen LogP contribution in [0.2, 0.25) is 0 Å². The third kappa shape index (κ3) is 4.92. The van der Waals surface area contributed by atoms with Gasteiger partial charge in [-0.3, -0.25) is 0 Å². The van der Waals surface area contributed by atoms with E-state index in [0.29, 0.717) is 13.1 Å². The standard InChI is InChI=1S/C15H24N4O3S/c1-16-23(21,22)14-6-3-5-13(11-14)12-17-15(20)19-8-4-7-18(2)9-10-19/h3,5-6,11,16H,4,7-10,12H2,1-2H3,(H,17,20). The summed E-state index contributed by atoms with van der Waals surface area (Å²) in [5.41, 5.74) is 0.751. The van der Waals surface area contributed by atoms with E-state index in [9.17, 15) is 13.2 Å². The molecule has 0 atom stereocenters. The van der Waals surface area contributed by atoms with Crippen molar-refractivity contribution in [2.75, 3.05) is 40.3 Å². The molecular formula is C15H24N4O3S. The zero-order valence-corrected chi connectivity index (χ0v) is 14.4. The van der Waals surface area contributed by atoms with Gasteiger partial charge >= 0.3 is 6.03 Å². The molecule has 0 unspecified atom stereocenters. The van der Waals surface area contributed by atoms with E-state index in [1.165, 1.54) is 13.1 Å². The van der Waals surface area contributed by atoms with Gasteiger partial charge in [0.1, 0.15) is 0 Å². The third-order valence-electron chi connectivity index (χ3n) is 3.93. The molecule has 1 fully saturated rings. The Labute approximate surface area is 137 Å². The molecule has 8 heteroatoms. The molecule has 1 aromatic rings. The molecule has 128 valence electrons. The second kappa shape index (κ2) is 7.76. The predicted octanol–water partition coefficient (Wildman–Crippen LogP) is 0.442. The van der Waals surface area contributed by atoms with E-state index < -0.39 is 10.0 Å². The van der Waals surface area contributed by atoms with Gasteiger partial charge in [0.05, 0.1) is 4.90 Å². The predicted molar refractivity (Wildman–Crippen MR) is 88.6 cm³/mol. The van der Waals surface area contributed by atoms with Gasteiger partial charge in [0, 0.05) is 26.2 Å². The SMILES string of the molecule is CNS(=O)(=O)c1cccc(CNC(=O)N2CCCN(C)CC2)c1. The Kier molecular flexibility index (Phi) is 5.97. The Hall–Kier alpha value is -1.64. The average molecular weight is 340 g/mol. The van der Waals surface area contributed by atoms with Crippen molar-refractivity contribution in [3.05, 3.63) is 29.8 Å². The number of carbonyl (C=O) groups is 1. The highest BCUT2D eigenvalue weighted by atomic mass is 32.2. The smallest absolute Gasteiger partial charge is 0.317 e. The summed E-state index contributed by atoms with van der Waals surface area (Å²) >= 11 is 0. The fraction of sp³-hybridized carbons (Fsp3) is 0.533. The number of sulfonamides is 1. The number of urea groups is 1. The van der Waals surface area contributed by atoms with E-state index in [-0.39, 0.29) is 10.9 Å². The van der Waals surface area contributed by atoms with Crippen LogP contribution in [0.5, 0.6) is 0 Å². The first-order chi connectivity index (χ1) is 10.9. The molecular weight excluding hydrogens is 316 g/mol. The Bertz CT molecular complexity index is 648. The Morgan fingerprint density at radius 1 is 1.22 bits per heavy atom. The Balaban J connectivity index is 1.95. The van der Waals surface area contributed by atoms with Gasteiger partial charge in [0.2, 0.25) is 10.0 Å². The third-order valence-corrected chi connectivity index (χ3v) is 5.34. The van der Waals surface area contributed by atoms with Crippen LogP contribution in [0.25, 0.3) is 0 Å². The molecule has 0 radical (unpaired) electrons. The maximum atomic E-state index is 12.2. The van der Waals surface area contributed by atoms with Crippen molar-refractivity contribution in [2.45, 2.75) is 17.9 Å². The quantitative estimate of drug-likeness (QED) is 0.833. The normalized spacial score (nSPS) is 16.9. The fourth-order valence-electron chi connectivity index (χ4n) is 2.48. The van der Waals surface area contributed by atoms with Crippen molar-refractivity contribution in [1.29, 1.82) is 0 Å². The highest BCUT2D eigenvalue weighted by Crippen LogP contribution is 2.11. The lowest BCUT2D eigenvalue weighted by Crippen LogP contribution is -2.41. The lowest BCUT2D eigenvalue weighted by Gasteiger charge is -2.21. The van der Waals surface area contributed by atoms with Crippen LogP contribution < -0.4 is 10.0 Å². The molecule has 0 spiro atoms. The van der Waals surface area contributed by atoms with E-state index in [2.05, 4.69) is 22.0 Å². The van der Waals surface area contributed by atoms with Crippen LogP contribution in [0.15, 0.2) is 29.2 Å². The van der Waals surface area contributed by atoms with E-state index in [1.54, 1.807) is 23.1 Å². The first-order valence-electron chi connectivity index (χ1n) is 7.66.